The van der Waals surface area contributed by atoms with Gasteiger partial charge in [0.1, 0.15) is 0 Å². The number of nitrogens with zero attached hydrogens (tertiary/aromatic N) is 1. The average Bonchev–Trinajstić information content (AvgIpc) is 2.55. The first-order valence-corrected chi connectivity index (χ1v) is 5.75. The van der Waals surface area contributed by atoms with E-state index in [4.69, 9.17) is 0 Å². The third kappa shape index (κ3) is 2.33. The van der Waals surface area contributed by atoms with Gasteiger partial charge in [0.05, 0.1) is 5.56 Å². The lowest BCUT2D eigenvalue weighted by molar-refractivity contribution is 0.0921. The molecular weight excluding hydrogens is 212 g/mol. The Morgan fingerprint density at radius 2 is 1.88 bits per heavy atom. The summed E-state index contributed by atoms with van der Waals surface area (Å²) in [5.41, 5.74) is 1.60. The largest absolute Gasteiger partial charge is 0.350 e. The molecule has 0 aliphatic heterocycles. The summed E-state index contributed by atoms with van der Waals surface area (Å²) in [6, 6.07) is 7.93. The number of rotatable bonds is 1. The summed E-state index contributed by atoms with van der Waals surface area (Å²) < 4.78 is 1.98. The number of amides is 1. The number of carbonyl (C=O) groups excluding carboxylic acids is 1. The van der Waals surface area contributed by atoms with Crippen LogP contribution in [0.15, 0.2) is 30.5 Å². The van der Waals surface area contributed by atoms with E-state index in [-0.39, 0.29) is 11.4 Å². The first-order chi connectivity index (χ1) is 7.88. The minimum atomic E-state index is -0.214. The van der Waals surface area contributed by atoms with Crippen LogP contribution >= 0.6 is 0 Å². The first kappa shape index (κ1) is 11.7. The molecule has 17 heavy (non-hydrogen) atoms. The van der Waals surface area contributed by atoms with Crippen molar-refractivity contribution in [1.82, 2.24) is 9.88 Å². The van der Waals surface area contributed by atoms with Crippen LogP contribution in [0.4, 0.5) is 0 Å². The van der Waals surface area contributed by atoms with Gasteiger partial charge in [-0.2, -0.15) is 0 Å². The van der Waals surface area contributed by atoms with E-state index in [9.17, 15) is 4.79 Å². The molecule has 1 heterocycles. The highest BCUT2D eigenvalue weighted by Gasteiger charge is 2.18. The second-order valence-electron chi connectivity index (χ2n) is 5.37. The van der Waals surface area contributed by atoms with E-state index in [1.54, 1.807) is 0 Å². The Balaban J connectivity index is 2.46. The monoisotopic (exact) mass is 230 g/mol. The van der Waals surface area contributed by atoms with Crippen molar-refractivity contribution in [3.63, 3.8) is 0 Å². The highest BCUT2D eigenvalue weighted by atomic mass is 16.1. The average molecular weight is 230 g/mol. The van der Waals surface area contributed by atoms with Gasteiger partial charge in [0, 0.05) is 29.7 Å². The van der Waals surface area contributed by atoms with Gasteiger partial charge in [-0.15, -0.1) is 0 Å². The molecule has 0 spiro atoms. The Labute approximate surface area is 101 Å². The van der Waals surface area contributed by atoms with Gasteiger partial charge in [0.25, 0.3) is 5.91 Å². The number of para-hydroxylation sites is 1. The Morgan fingerprint density at radius 3 is 2.53 bits per heavy atom. The number of nitrogens with one attached hydrogen (secondary N) is 1. The third-order valence-corrected chi connectivity index (χ3v) is 2.63. The molecular formula is C14H18N2O. The summed E-state index contributed by atoms with van der Waals surface area (Å²) in [5, 5.41) is 3.99. The van der Waals surface area contributed by atoms with Crippen LogP contribution in [0.1, 0.15) is 31.1 Å². The SMILES string of the molecule is Cn1cc(C(=O)NC(C)(C)C)c2ccccc21. The van der Waals surface area contributed by atoms with Crippen molar-refractivity contribution in [2.24, 2.45) is 7.05 Å². The molecule has 3 heteroatoms. The summed E-state index contributed by atoms with van der Waals surface area (Å²) in [5.74, 6) is -0.0192. The molecule has 0 aliphatic carbocycles. The van der Waals surface area contributed by atoms with Crippen molar-refractivity contribution >= 4 is 16.8 Å². The lowest BCUT2D eigenvalue weighted by Crippen LogP contribution is -2.40. The van der Waals surface area contributed by atoms with E-state index in [2.05, 4.69) is 5.32 Å². The van der Waals surface area contributed by atoms with Gasteiger partial charge in [0.15, 0.2) is 0 Å². The van der Waals surface area contributed by atoms with Gasteiger partial charge < -0.3 is 9.88 Å². The van der Waals surface area contributed by atoms with E-state index in [1.165, 1.54) is 0 Å². The predicted molar refractivity (Wildman–Crippen MR) is 70.1 cm³/mol. The van der Waals surface area contributed by atoms with Crippen LogP contribution in [0, 0.1) is 0 Å². The van der Waals surface area contributed by atoms with E-state index >= 15 is 0 Å². The van der Waals surface area contributed by atoms with Crippen molar-refractivity contribution < 1.29 is 4.79 Å². The number of hydrogen-bond donors (Lipinski definition) is 1. The standard InChI is InChI=1S/C14H18N2O/c1-14(2,3)15-13(17)11-9-16(4)12-8-6-5-7-10(11)12/h5-9H,1-4H3,(H,15,17). The van der Waals surface area contributed by atoms with Gasteiger partial charge in [-0.3, -0.25) is 4.79 Å². The molecule has 0 atom stereocenters. The predicted octanol–water partition coefficient (Wildman–Crippen LogP) is 2.71. The molecule has 0 fully saturated rings. The van der Waals surface area contributed by atoms with E-state index in [0.717, 1.165) is 16.5 Å². The Morgan fingerprint density at radius 1 is 1.24 bits per heavy atom. The number of aromatic nitrogens is 1. The molecule has 0 saturated carbocycles. The first-order valence-electron chi connectivity index (χ1n) is 5.75. The molecule has 1 amide bonds. The van der Waals surface area contributed by atoms with Crippen LogP contribution in [0.5, 0.6) is 0 Å². The van der Waals surface area contributed by atoms with Gasteiger partial charge in [-0.1, -0.05) is 18.2 Å². The molecule has 90 valence electrons. The van der Waals surface area contributed by atoms with Crippen molar-refractivity contribution in [1.29, 1.82) is 0 Å². The highest BCUT2D eigenvalue weighted by molar-refractivity contribution is 6.07. The Kier molecular flexibility index (Phi) is 2.69. The molecule has 1 N–H and O–H groups in total. The minimum Gasteiger partial charge on any atom is -0.350 e. The molecule has 2 aromatic rings. The van der Waals surface area contributed by atoms with E-state index in [1.807, 2.05) is 62.8 Å². The lowest BCUT2D eigenvalue weighted by atomic mass is 10.1. The molecule has 1 aromatic heterocycles. The van der Waals surface area contributed by atoms with Gasteiger partial charge in [0.2, 0.25) is 0 Å². The van der Waals surface area contributed by atoms with Gasteiger partial charge in [-0.25, -0.2) is 0 Å². The summed E-state index contributed by atoms with van der Waals surface area (Å²) in [6.45, 7) is 5.95. The molecule has 1 aromatic carbocycles. The molecule has 0 bridgehead atoms. The number of aryl methyl sites for hydroxylation is 1. The Bertz CT molecular complexity index is 561. The number of hydrogen-bond acceptors (Lipinski definition) is 1. The molecule has 0 aliphatic rings. The van der Waals surface area contributed by atoms with Crippen LogP contribution in [0.2, 0.25) is 0 Å². The molecule has 0 unspecified atom stereocenters. The van der Waals surface area contributed by atoms with Crippen molar-refractivity contribution in [3.05, 3.63) is 36.0 Å². The fourth-order valence-electron chi connectivity index (χ4n) is 1.93. The zero-order valence-electron chi connectivity index (χ0n) is 10.7. The van der Waals surface area contributed by atoms with E-state index in [0.29, 0.717) is 0 Å². The molecule has 3 nitrogen and oxygen atoms in total. The number of carbonyl (C=O) groups is 1. The summed E-state index contributed by atoms with van der Waals surface area (Å²) in [6.07, 6.45) is 1.88. The van der Waals surface area contributed by atoms with Crippen molar-refractivity contribution in [3.8, 4) is 0 Å². The van der Waals surface area contributed by atoms with Crippen LogP contribution in [0.25, 0.3) is 10.9 Å². The quantitative estimate of drug-likeness (QED) is 0.803. The molecule has 0 radical (unpaired) electrons. The fourth-order valence-corrected chi connectivity index (χ4v) is 1.93. The fraction of sp³-hybridized carbons (Fsp3) is 0.357. The molecule has 2 rings (SSSR count). The maximum absolute atomic E-state index is 12.2. The smallest absolute Gasteiger partial charge is 0.253 e. The maximum atomic E-state index is 12.2. The second-order valence-corrected chi connectivity index (χ2v) is 5.37. The highest BCUT2D eigenvalue weighted by Crippen LogP contribution is 2.20. The Hall–Kier alpha value is -1.77. The van der Waals surface area contributed by atoms with Crippen LogP contribution in [-0.2, 0) is 7.05 Å². The third-order valence-electron chi connectivity index (χ3n) is 2.63. The molecule has 0 saturated heterocycles. The topological polar surface area (TPSA) is 34.0 Å². The zero-order valence-corrected chi connectivity index (χ0v) is 10.7. The number of fused-ring (bicyclic) bond motifs is 1. The van der Waals surface area contributed by atoms with Crippen molar-refractivity contribution in [2.45, 2.75) is 26.3 Å². The summed E-state index contributed by atoms with van der Waals surface area (Å²) >= 11 is 0. The van der Waals surface area contributed by atoms with E-state index < -0.39 is 0 Å². The van der Waals surface area contributed by atoms with Crippen LogP contribution < -0.4 is 5.32 Å². The summed E-state index contributed by atoms with van der Waals surface area (Å²) in [7, 11) is 1.95. The normalized spacial score (nSPS) is 11.8. The summed E-state index contributed by atoms with van der Waals surface area (Å²) in [4.78, 5) is 12.2. The van der Waals surface area contributed by atoms with Crippen LogP contribution in [-0.4, -0.2) is 16.0 Å². The zero-order chi connectivity index (χ0) is 12.6. The van der Waals surface area contributed by atoms with Gasteiger partial charge in [-0.05, 0) is 26.8 Å². The van der Waals surface area contributed by atoms with Gasteiger partial charge >= 0.3 is 0 Å². The van der Waals surface area contributed by atoms with Crippen LogP contribution in [0.3, 0.4) is 0 Å². The minimum absolute atomic E-state index is 0.0192. The lowest BCUT2D eigenvalue weighted by Gasteiger charge is -2.20. The van der Waals surface area contributed by atoms with Crippen molar-refractivity contribution in [2.75, 3.05) is 0 Å². The second kappa shape index (κ2) is 3.91. The maximum Gasteiger partial charge on any atom is 0.253 e. The number of benzene rings is 1.